The second-order valence-corrected chi connectivity index (χ2v) is 5.30. The Morgan fingerprint density at radius 2 is 2.16 bits per heavy atom. The molecule has 0 aliphatic rings. The Morgan fingerprint density at radius 3 is 2.79 bits per heavy atom. The average molecular weight is 341 g/mol. The second kappa shape index (κ2) is 5.94. The highest BCUT2D eigenvalue weighted by Gasteiger charge is 2.16. The molecule has 0 aliphatic heterocycles. The second-order valence-electron chi connectivity index (χ2n) is 3.47. The molecule has 0 radical (unpaired) electrons. The molecular formula is C12H9BrN2O3S. The monoisotopic (exact) mass is 340 g/mol. The molecule has 0 saturated carbocycles. The third-order valence-corrected chi connectivity index (χ3v) is 3.61. The van der Waals surface area contributed by atoms with Crippen molar-refractivity contribution >= 4 is 44.8 Å². The third-order valence-electron chi connectivity index (χ3n) is 2.24. The maximum absolute atomic E-state index is 12.0. The highest BCUT2D eigenvalue weighted by Crippen LogP contribution is 2.23. The first-order valence-corrected chi connectivity index (χ1v) is 6.88. The van der Waals surface area contributed by atoms with Gasteiger partial charge in [0.05, 0.1) is 12.8 Å². The van der Waals surface area contributed by atoms with Crippen molar-refractivity contribution < 1.29 is 14.3 Å². The van der Waals surface area contributed by atoms with E-state index in [1.165, 1.54) is 24.6 Å². The van der Waals surface area contributed by atoms with Gasteiger partial charge in [-0.25, -0.2) is 9.78 Å². The number of pyridine rings is 1. The van der Waals surface area contributed by atoms with E-state index in [0.717, 1.165) is 4.47 Å². The average Bonchev–Trinajstić information content (AvgIpc) is 2.86. The zero-order valence-electron chi connectivity index (χ0n) is 9.84. The minimum Gasteiger partial charge on any atom is -0.465 e. The molecule has 2 rings (SSSR count). The quantitative estimate of drug-likeness (QED) is 0.872. The van der Waals surface area contributed by atoms with Gasteiger partial charge in [0.2, 0.25) is 0 Å². The molecule has 0 spiro atoms. The minimum absolute atomic E-state index is 0.269. The first-order chi connectivity index (χ1) is 9.11. The van der Waals surface area contributed by atoms with Crippen LogP contribution in [-0.2, 0) is 4.74 Å². The van der Waals surface area contributed by atoms with E-state index in [4.69, 9.17) is 0 Å². The van der Waals surface area contributed by atoms with Crippen LogP contribution in [0.4, 0.5) is 5.69 Å². The van der Waals surface area contributed by atoms with Crippen LogP contribution >= 0.6 is 27.3 Å². The lowest BCUT2D eigenvalue weighted by Crippen LogP contribution is -2.15. The number of thiophene rings is 1. The van der Waals surface area contributed by atoms with E-state index in [9.17, 15) is 9.59 Å². The number of nitrogens with one attached hydrogen (secondary N) is 1. The van der Waals surface area contributed by atoms with Gasteiger partial charge < -0.3 is 10.1 Å². The molecule has 98 valence electrons. The van der Waals surface area contributed by atoms with Gasteiger partial charge in [0.1, 0.15) is 10.6 Å². The Labute approximate surface area is 121 Å². The van der Waals surface area contributed by atoms with E-state index in [2.05, 4.69) is 31.0 Å². The fourth-order valence-corrected chi connectivity index (χ4v) is 2.36. The molecule has 7 heteroatoms. The summed E-state index contributed by atoms with van der Waals surface area (Å²) in [7, 11) is 1.30. The Balaban J connectivity index is 2.17. The largest absolute Gasteiger partial charge is 0.465 e. The molecule has 0 bridgehead atoms. The molecule has 0 unspecified atom stereocenters. The van der Waals surface area contributed by atoms with E-state index in [1.54, 1.807) is 23.6 Å². The lowest BCUT2D eigenvalue weighted by atomic mass is 10.3. The van der Waals surface area contributed by atoms with Gasteiger partial charge in [-0.3, -0.25) is 4.79 Å². The molecule has 19 heavy (non-hydrogen) atoms. The highest BCUT2D eigenvalue weighted by molar-refractivity contribution is 9.10. The summed E-state index contributed by atoms with van der Waals surface area (Å²) in [5.74, 6) is -0.856. The van der Waals surface area contributed by atoms with Crippen LogP contribution in [0.2, 0.25) is 0 Å². The number of amides is 1. The Kier molecular flexibility index (Phi) is 4.28. The summed E-state index contributed by atoms with van der Waals surface area (Å²) in [6.45, 7) is 0. The molecule has 0 fully saturated rings. The molecule has 2 aromatic heterocycles. The number of methoxy groups -OCH3 is 1. The van der Waals surface area contributed by atoms with E-state index in [-0.39, 0.29) is 11.6 Å². The van der Waals surface area contributed by atoms with Crippen molar-refractivity contribution in [3.63, 3.8) is 0 Å². The molecular weight excluding hydrogens is 332 g/mol. The Bertz CT molecular complexity index is 610. The number of halogens is 1. The zero-order valence-corrected chi connectivity index (χ0v) is 12.2. The standard InChI is InChI=1S/C12H9BrN2O3S/c1-18-12(17)10-8(4-5-19-10)15-11(16)9-3-2-7(13)6-14-9/h2-6H,1H3,(H,15,16). The van der Waals surface area contributed by atoms with Gasteiger partial charge in [-0.05, 0) is 39.5 Å². The number of ether oxygens (including phenoxy) is 1. The fourth-order valence-electron chi connectivity index (χ4n) is 1.35. The van der Waals surface area contributed by atoms with Crippen LogP contribution in [0.5, 0.6) is 0 Å². The molecule has 5 nitrogen and oxygen atoms in total. The molecule has 0 saturated heterocycles. The first kappa shape index (κ1) is 13.7. The van der Waals surface area contributed by atoms with Crippen molar-refractivity contribution in [2.24, 2.45) is 0 Å². The van der Waals surface area contributed by atoms with E-state index >= 15 is 0 Å². The van der Waals surface area contributed by atoms with E-state index < -0.39 is 5.97 Å². The number of carbonyl (C=O) groups excluding carboxylic acids is 2. The summed E-state index contributed by atoms with van der Waals surface area (Å²) in [6.07, 6.45) is 1.53. The highest BCUT2D eigenvalue weighted by atomic mass is 79.9. The number of rotatable bonds is 3. The maximum Gasteiger partial charge on any atom is 0.350 e. The fraction of sp³-hybridized carbons (Fsp3) is 0.0833. The number of carbonyl (C=O) groups is 2. The molecule has 2 heterocycles. The van der Waals surface area contributed by atoms with Gasteiger partial charge in [0.15, 0.2) is 0 Å². The third kappa shape index (κ3) is 3.18. The van der Waals surface area contributed by atoms with Crippen LogP contribution in [0, 0.1) is 0 Å². The van der Waals surface area contributed by atoms with Crippen molar-refractivity contribution in [1.82, 2.24) is 4.98 Å². The SMILES string of the molecule is COC(=O)c1sccc1NC(=O)c1ccc(Br)cn1. The van der Waals surface area contributed by atoms with Gasteiger partial charge in [0.25, 0.3) is 5.91 Å². The van der Waals surface area contributed by atoms with Crippen LogP contribution in [0.15, 0.2) is 34.2 Å². The predicted octanol–water partition coefficient (Wildman–Crippen LogP) is 2.94. The van der Waals surface area contributed by atoms with E-state index in [0.29, 0.717) is 10.6 Å². The van der Waals surface area contributed by atoms with Gasteiger partial charge >= 0.3 is 5.97 Å². The number of hydrogen-bond acceptors (Lipinski definition) is 5. The van der Waals surface area contributed by atoms with Crippen LogP contribution in [0.1, 0.15) is 20.2 Å². The summed E-state index contributed by atoms with van der Waals surface area (Å²) >= 11 is 4.45. The zero-order chi connectivity index (χ0) is 13.8. The molecule has 1 amide bonds. The smallest absolute Gasteiger partial charge is 0.350 e. The molecule has 0 atom stereocenters. The minimum atomic E-state index is -0.478. The van der Waals surface area contributed by atoms with Crippen molar-refractivity contribution in [3.05, 3.63) is 44.8 Å². The Morgan fingerprint density at radius 1 is 1.37 bits per heavy atom. The van der Waals surface area contributed by atoms with Crippen LogP contribution in [-0.4, -0.2) is 24.0 Å². The number of anilines is 1. The van der Waals surface area contributed by atoms with Crippen LogP contribution in [0.3, 0.4) is 0 Å². The number of hydrogen-bond donors (Lipinski definition) is 1. The molecule has 0 aromatic carbocycles. The van der Waals surface area contributed by atoms with Crippen molar-refractivity contribution in [1.29, 1.82) is 0 Å². The van der Waals surface area contributed by atoms with Crippen LogP contribution < -0.4 is 5.32 Å². The number of esters is 1. The molecule has 0 aliphatic carbocycles. The van der Waals surface area contributed by atoms with E-state index in [1.807, 2.05) is 0 Å². The summed E-state index contributed by atoms with van der Waals surface area (Å²) in [5.41, 5.74) is 0.691. The molecule has 2 aromatic rings. The van der Waals surface area contributed by atoms with Gasteiger partial charge in [-0.1, -0.05) is 0 Å². The Hall–Kier alpha value is -1.73. The summed E-state index contributed by atoms with van der Waals surface area (Å²) in [4.78, 5) is 27.8. The van der Waals surface area contributed by atoms with Gasteiger partial charge in [-0.2, -0.15) is 0 Å². The lowest BCUT2D eigenvalue weighted by molar-refractivity contribution is 0.0607. The van der Waals surface area contributed by atoms with Crippen molar-refractivity contribution in [3.8, 4) is 0 Å². The summed E-state index contributed by atoms with van der Waals surface area (Å²) in [6, 6.07) is 4.95. The normalized spacial score (nSPS) is 10.0. The topological polar surface area (TPSA) is 68.3 Å². The maximum atomic E-state index is 12.0. The number of nitrogens with zero attached hydrogens (tertiary/aromatic N) is 1. The molecule has 1 N–H and O–H groups in total. The van der Waals surface area contributed by atoms with Gasteiger partial charge in [0, 0.05) is 10.7 Å². The van der Waals surface area contributed by atoms with Gasteiger partial charge in [-0.15, -0.1) is 11.3 Å². The predicted molar refractivity (Wildman–Crippen MR) is 75.5 cm³/mol. The van der Waals surface area contributed by atoms with Crippen molar-refractivity contribution in [2.75, 3.05) is 12.4 Å². The summed E-state index contributed by atoms with van der Waals surface area (Å²) in [5, 5.41) is 4.34. The first-order valence-electron chi connectivity index (χ1n) is 5.20. The lowest BCUT2D eigenvalue weighted by Gasteiger charge is -2.05. The van der Waals surface area contributed by atoms with Crippen LogP contribution in [0.25, 0.3) is 0 Å². The summed E-state index contributed by atoms with van der Waals surface area (Å²) < 4.78 is 5.42. The van der Waals surface area contributed by atoms with Crippen molar-refractivity contribution in [2.45, 2.75) is 0 Å². The number of aromatic nitrogens is 1.